The number of hydrogen-bond acceptors (Lipinski definition) is 3. The van der Waals surface area contributed by atoms with Crippen molar-refractivity contribution in [3.05, 3.63) is 47.5 Å². The quantitative estimate of drug-likeness (QED) is 0.927. The van der Waals surface area contributed by atoms with E-state index >= 15 is 0 Å². The molecule has 0 aliphatic carbocycles. The van der Waals surface area contributed by atoms with Crippen LogP contribution in [0.5, 0.6) is 0 Å². The van der Waals surface area contributed by atoms with Crippen LogP contribution in [-0.4, -0.2) is 15.7 Å². The smallest absolute Gasteiger partial charge is 0.226 e. The molecule has 1 amide bonds. The fourth-order valence-electron chi connectivity index (χ4n) is 1.77. The Bertz CT molecular complexity index is 672. The van der Waals surface area contributed by atoms with E-state index in [4.69, 9.17) is 5.26 Å². The number of nitrogens with zero attached hydrogens (tertiary/aromatic N) is 3. The van der Waals surface area contributed by atoms with Crippen molar-refractivity contribution in [2.24, 2.45) is 0 Å². The Balaban J connectivity index is 1.91. The Morgan fingerprint density at radius 3 is 2.95 bits per heavy atom. The highest BCUT2D eigenvalue weighted by atomic mass is 19.1. The van der Waals surface area contributed by atoms with E-state index in [9.17, 15) is 9.18 Å². The van der Waals surface area contributed by atoms with Crippen molar-refractivity contribution in [3.63, 3.8) is 0 Å². The third-order valence-corrected chi connectivity index (χ3v) is 2.80. The predicted octanol–water partition coefficient (Wildman–Crippen LogP) is 2.23. The lowest BCUT2D eigenvalue weighted by Gasteiger charge is -2.07. The lowest BCUT2D eigenvalue weighted by atomic mass is 10.1. The van der Waals surface area contributed by atoms with Crippen LogP contribution in [0.4, 0.5) is 10.1 Å². The molecule has 0 saturated heterocycles. The normalized spacial score (nSPS) is 10.1. The number of anilines is 1. The molecule has 6 heteroatoms. The molecule has 102 valence electrons. The first-order valence-electron chi connectivity index (χ1n) is 6.07. The second-order valence-corrected chi connectivity index (χ2v) is 4.36. The van der Waals surface area contributed by atoms with Gasteiger partial charge < -0.3 is 5.32 Å². The van der Waals surface area contributed by atoms with Crippen LogP contribution in [0.15, 0.2) is 30.6 Å². The summed E-state index contributed by atoms with van der Waals surface area (Å²) < 4.78 is 14.1. The number of carbonyl (C=O) groups is 1. The van der Waals surface area contributed by atoms with Crippen molar-refractivity contribution >= 4 is 11.6 Å². The standard InChI is InChI=1S/C14H13FN4O/c1-10-6-13(3-2-11(10)7-16)18-14(20)4-5-19-9-12(15)8-17-19/h2-3,6,8-9H,4-5H2,1H3,(H,18,20). The monoisotopic (exact) mass is 272 g/mol. The van der Waals surface area contributed by atoms with Crippen LogP contribution in [0.3, 0.4) is 0 Å². The van der Waals surface area contributed by atoms with Gasteiger partial charge in [-0.05, 0) is 30.7 Å². The van der Waals surface area contributed by atoms with E-state index in [1.165, 1.54) is 10.9 Å². The summed E-state index contributed by atoms with van der Waals surface area (Å²) in [6.45, 7) is 2.12. The van der Waals surface area contributed by atoms with Gasteiger partial charge in [0.25, 0.3) is 0 Å². The first kappa shape index (κ1) is 13.7. The molecule has 1 N–H and O–H groups in total. The highest BCUT2D eigenvalue weighted by molar-refractivity contribution is 5.90. The van der Waals surface area contributed by atoms with Crippen molar-refractivity contribution < 1.29 is 9.18 Å². The lowest BCUT2D eigenvalue weighted by Crippen LogP contribution is -2.14. The maximum Gasteiger partial charge on any atom is 0.226 e. The summed E-state index contributed by atoms with van der Waals surface area (Å²) in [6, 6.07) is 7.14. The van der Waals surface area contributed by atoms with Crippen molar-refractivity contribution in [1.82, 2.24) is 9.78 Å². The van der Waals surface area contributed by atoms with E-state index in [-0.39, 0.29) is 12.3 Å². The van der Waals surface area contributed by atoms with Gasteiger partial charge in [0.15, 0.2) is 5.82 Å². The predicted molar refractivity (Wildman–Crippen MR) is 71.3 cm³/mol. The van der Waals surface area contributed by atoms with Crippen molar-refractivity contribution in [2.45, 2.75) is 19.9 Å². The Labute approximate surface area is 115 Å². The molecule has 1 aromatic carbocycles. The van der Waals surface area contributed by atoms with E-state index in [1.54, 1.807) is 25.1 Å². The van der Waals surface area contributed by atoms with Crippen LogP contribution < -0.4 is 5.32 Å². The van der Waals surface area contributed by atoms with Crippen LogP contribution in [0, 0.1) is 24.1 Å². The van der Waals surface area contributed by atoms with E-state index in [2.05, 4.69) is 16.5 Å². The number of aromatic nitrogens is 2. The number of amides is 1. The SMILES string of the molecule is Cc1cc(NC(=O)CCn2cc(F)cn2)ccc1C#N. The molecule has 2 aromatic rings. The van der Waals surface area contributed by atoms with E-state index in [0.29, 0.717) is 17.8 Å². The van der Waals surface area contributed by atoms with Gasteiger partial charge in [0, 0.05) is 18.7 Å². The van der Waals surface area contributed by atoms with Crippen molar-refractivity contribution in [2.75, 3.05) is 5.32 Å². The number of halogens is 1. The minimum Gasteiger partial charge on any atom is -0.326 e. The van der Waals surface area contributed by atoms with E-state index in [1.807, 2.05) is 0 Å². The summed E-state index contributed by atoms with van der Waals surface area (Å²) in [5, 5.41) is 15.3. The zero-order chi connectivity index (χ0) is 14.5. The van der Waals surface area contributed by atoms with Gasteiger partial charge in [-0.2, -0.15) is 10.4 Å². The maximum atomic E-state index is 12.7. The van der Waals surface area contributed by atoms with E-state index < -0.39 is 5.82 Å². The molecular weight excluding hydrogens is 259 g/mol. The summed E-state index contributed by atoms with van der Waals surface area (Å²) in [5.74, 6) is -0.613. The molecule has 0 spiro atoms. The molecule has 2 rings (SSSR count). The van der Waals surface area contributed by atoms with Crippen LogP contribution in [0.25, 0.3) is 0 Å². The maximum absolute atomic E-state index is 12.7. The van der Waals surface area contributed by atoms with Gasteiger partial charge in [0.1, 0.15) is 0 Å². The molecule has 0 aliphatic heterocycles. The largest absolute Gasteiger partial charge is 0.326 e. The molecule has 1 aromatic heterocycles. The van der Waals surface area contributed by atoms with Crippen LogP contribution in [-0.2, 0) is 11.3 Å². The molecule has 0 atom stereocenters. The van der Waals surface area contributed by atoms with Gasteiger partial charge in [-0.15, -0.1) is 0 Å². The molecule has 0 radical (unpaired) electrons. The summed E-state index contributed by atoms with van der Waals surface area (Å²) in [4.78, 5) is 11.7. The molecule has 0 unspecified atom stereocenters. The topological polar surface area (TPSA) is 70.7 Å². The number of hydrogen-bond donors (Lipinski definition) is 1. The summed E-state index contributed by atoms with van der Waals surface area (Å²) in [7, 11) is 0. The first-order chi connectivity index (χ1) is 9.58. The third-order valence-electron chi connectivity index (χ3n) is 2.80. The van der Waals surface area contributed by atoms with Crippen LogP contribution >= 0.6 is 0 Å². The molecule has 0 fully saturated rings. The van der Waals surface area contributed by atoms with Gasteiger partial charge in [0.05, 0.1) is 24.0 Å². The highest BCUT2D eigenvalue weighted by Crippen LogP contribution is 2.14. The summed E-state index contributed by atoms with van der Waals surface area (Å²) >= 11 is 0. The number of benzene rings is 1. The lowest BCUT2D eigenvalue weighted by molar-refractivity contribution is -0.116. The average molecular weight is 272 g/mol. The van der Waals surface area contributed by atoms with Crippen molar-refractivity contribution in [3.8, 4) is 6.07 Å². The molecule has 0 saturated carbocycles. The second-order valence-electron chi connectivity index (χ2n) is 4.36. The van der Waals surface area contributed by atoms with Gasteiger partial charge in [-0.25, -0.2) is 4.39 Å². The number of rotatable bonds is 4. The number of carbonyl (C=O) groups excluding carboxylic acids is 1. The summed E-state index contributed by atoms with van der Waals surface area (Å²) in [5.41, 5.74) is 2.02. The van der Waals surface area contributed by atoms with Crippen molar-refractivity contribution in [1.29, 1.82) is 5.26 Å². The number of nitrogens with one attached hydrogen (secondary N) is 1. The minimum absolute atomic E-state index is 0.190. The molecular formula is C14H13FN4O. The van der Waals surface area contributed by atoms with E-state index in [0.717, 1.165) is 11.8 Å². The van der Waals surface area contributed by atoms with Crippen LogP contribution in [0.1, 0.15) is 17.5 Å². The minimum atomic E-state index is -0.423. The molecule has 20 heavy (non-hydrogen) atoms. The second kappa shape index (κ2) is 5.97. The Kier molecular flexibility index (Phi) is 4.11. The Morgan fingerprint density at radius 1 is 1.55 bits per heavy atom. The molecule has 0 bridgehead atoms. The zero-order valence-corrected chi connectivity index (χ0v) is 10.9. The van der Waals surface area contributed by atoms with Crippen LogP contribution in [0.2, 0.25) is 0 Å². The molecule has 1 heterocycles. The molecule has 5 nitrogen and oxygen atoms in total. The fraction of sp³-hybridized carbons (Fsp3) is 0.214. The summed E-state index contributed by atoms with van der Waals surface area (Å²) in [6.07, 6.45) is 2.53. The Hall–Kier alpha value is -2.68. The Morgan fingerprint density at radius 2 is 2.35 bits per heavy atom. The zero-order valence-electron chi connectivity index (χ0n) is 10.9. The highest BCUT2D eigenvalue weighted by Gasteiger charge is 2.05. The van der Waals surface area contributed by atoms with Gasteiger partial charge >= 0.3 is 0 Å². The number of nitriles is 1. The molecule has 0 aliphatic rings. The third kappa shape index (κ3) is 3.42. The van der Waals surface area contributed by atoms with Gasteiger partial charge in [-0.3, -0.25) is 9.48 Å². The van der Waals surface area contributed by atoms with Gasteiger partial charge in [0.2, 0.25) is 5.91 Å². The fourth-order valence-corrected chi connectivity index (χ4v) is 1.77. The number of aryl methyl sites for hydroxylation is 2. The first-order valence-corrected chi connectivity index (χ1v) is 6.07. The van der Waals surface area contributed by atoms with Gasteiger partial charge in [-0.1, -0.05) is 0 Å². The average Bonchev–Trinajstić information content (AvgIpc) is 2.82.